The molecule has 1 aromatic carbocycles. The number of benzene rings is 1. The second-order valence-electron chi connectivity index (χ2n) is 6.08. The predicted molar refractivity (Wildman–Crippen MR) is 75.1 cm³/mol. The van der Waals surface area contributed by atoms with Crippen molar-refractivity contribution in [1.82, 2.24) is 0 Å². The van der Waals surface area contributed by atoms with Gasteiger partial charge in [0, 0.05) is 12.0 Å². The highest BCUT2D eigenvalue weighted by molar-refractivity contribution is 6.32. The Bertz CT molecular complexity index is 494. The number of hydrogen-bond acceptors (Lipinski definition) is 3. The maximum atomic E-state index is 10.7. The highest BCUT2D eigenvalue weighted by Crippen LogP contribution is 2.40. The molecule has 0 aromatic heterocycles. The van der Waals surface area contributed by atoms with Crippen LogP contribution in [0, 0.1) is 0 Å². The van der Waals surface area contributed by atoms with Gasteiger partial charge >= 0.3 is 0 Å². The van der Waals surface area contributed by atoms with Gasteiger partial charge in [-0.1, -0.05) is 11.6 Å². The fourth-order valence-electron chi connectivity index (χ4n) is 2.53. The molecular weight excluding hydrogens is 264 g/mol. The van der Waals surface area contributed by atoms with Gasteiger partial charge in [-0.25, -0.2) is 0 Å². The van der Waals surface area contributed by atoms with Crippen LogP contribution in [-0.2, 0) is 4.74 Å². The molecule has 0 spiro atoms. The molecule has 0 radical (unpaired) electrons. The van der Waals surface area contributed by atoms with E-state index in [0.29, 0.717) is 16.3 Å². The Morgan fingerprint density at radius 1 is 1.37 bits per heavy atom. The molecule has 3 nitrogen and oxygen atoms in total. The lowest BCUT2D eigenvalue weighted by atomic mass is 9.97. The number of rotatable bonds is 3. The normalized spacial score (nSPS) is 24.2. The zero-order chi connectivity index (χ0) is 14.3. The van der Waals surface area contributed by atoms with E-state index in [1.54, 1.807) is 18.2 Å². The molecule has 0 saturated carbocycles. The van der Waals surface area contributed by atoms with Crippen molar-refractivity contribution in [2.24, 2.45) is 0 Å². The van der Waals surface area contributed by atoms with E-state index in [1.165, 1.54) is 0 Å². The van der Waals surface area contributed by atoms with Gasteiger partial charge in [0.05, 0.1) is 10.6 Å². The minimum atomic E-state index is -0.365. The summed E-state index contributed by atoms with van der Waals surface area (Å²) in [4.78, 5) is 10.7. The van der Waals surface area contributed by atoms with Gasteiger partial charge in [-0.2, -0.15) is 0 Å². The molecule has 1 aliphatic heterocycles. The SMILES string of the molecule is CC1(C)CC(Oc2ccc(C=O)cc2Cl)C(C)(C)O1. The molecule has 4 heteroatoms. The predicted octanol–water partition coefficient (Wildman–Crippen LogP) is 3.88. The quantitative estimate of drug-likeness (QED) is 0.789. The molecule has 0 bridgehead atoms. The van der Waals surface area contributed by atoms with E-state index < -0.39 is 0 Å². The minimum Gasteiger partial charge on any atom is -0.486 e. The topological polar surface area (TPSA) is 35.5 Å². The van der Waals surface area contributed by atoms with Crippen molar-refractivity contribution < 1.29 is 14.3 Å². The third-order valence-electron chi connectivity index (χ3n) is 3.35. The second kappa shape index (κ2) is 4.80. The molecule has 104 valence electrons. The average Bonchev–Trinajstić information content (AvgIpc) is 2.49. The molecule has 1 aromatic rings. The van der Waals surface area contributed by atoms with Crippen LogP contribution in [0.4, 0.5) is 0 Å². The smallest absolute Gasteiger partial charge is 0.150 e. The summed E-state index contributed by atoms with van der Waals surface area (Å²) in [6.45, 7) is 8.13. The first-order chi connectivity index (χ1) is 8.73. The summed E-state index contributed by atoms with van der Waals surface area (Å²) in [6, 6.07) is 5.04. The number of carbonyl (C=O) groups excluding carboxylic acids is 1. The summed E-state index contributed by atoms with van der Waals surface area (Å²) >= 11 is 6.13. The van der Waals surface area contributed by atoms with E-state index in [4.69, 9.17) is 21.1 Å². The van der Waals surface area contributed by atoms with Crippen LogP contribution in [0.5, 0.6) is 5.75 Å². The van der Waals surface area contributed by atoms with Gasteiger partial charge in [-0.3, -0.25) is 4.79 Å². The monoisotopic (exact) mass is 282 g/mol. The first-order valence-electron chi connectivity index (χ1n) is 6.35. The third-order valence-corrected chi connectivity index (χ3v) is 3.65. The van der Waals surface area contributed by atoms with Crippen LogP contribution in [0.15, 0.2) is 18.2 Å². The molecule has 1 saturated heterocycles. The maximum absolute atomic E-state index is 10.7. The number of halogens is 1. The molecule has 0 N–H and O–H groups in total. The Morgan fingerprint density at radius 2 is 2.05 bits per heavy atom. The van der Waals surface area contributed by atoms with E-state index in [0.717, 1.165) is 12.7 Å². The third kappa shape index (κ3) is 3.10. The fourth-order valence-corrected chi connectivity index (χ4v) is 2.77. The number of aldehydes is 1. The number of ether oxygens (including phenoxy) is 2. The van der Waals surface area contributed by atoms with Crippen LogP contribution in [0.3, 0.4) is 0 Å². The van der Waals surface area contributed by atoms with E-state index >= 15 is 0 Å². The summed E-state index contributed by atoms with van der Waals surface area (Å²) in [7, 11) is 0. The molecule has 0 amide bonds. The van der Waals surface area contributed by atoms with Crippen molar-refractivity contribution in [3.8, 4) is 5.75 Å². The van der Waals surface area contributed by atoms with Crippen molar-refractivity contribution >= 4 is 17.9 Å². The van der Waals surface area contributed by atoms with E-state index in [2.05, 4.69) is 13.8 Å². The van der Waals surface area contributed by atoms with Crippen LogP contribution >= 0.6 is 11.6 Å². The highest BCUT2D eigenvalue weighted by Gasteiger charge is 2.47. The lowest BCUT2D eigenvalue weighted by Gasteiger charge is -2.27. The van der Waals surface area contributed by atoms with Gasteiger partial charge < -0.3 is 9.47 Å². The van der Waals surface area contributed by atoms with E-state index in [-0.39, 0.29) is 17.3 Å². The van der Waals surface area contributed by atoms with E-state index in [1.807, 2.05) is 13.8 Å². The zero-order valence-corrected chi connectivity index (χ0v) is 12.5. The standard InChI is InChI=1S/C15H19ClO3/c1-14(2)8-13(15(3,4)19-14)18-12-6-5-10(9-17)7-11(12)16/h5-7,9,13H,8H2,1-4H3. The van der Waals surface area contributed by atoms with Gasteiger partial charge in [0.1, 0.15) is 23.7 Å². The van der Waals surface area contributed by atoms with Crippen molar-refractivity contribution in [2.75, 3.05) is 0 Å². The summed E-state index contributed by atoms with van der Waals surface area (Å²) < 4.78 is 12.0. The fraction of sp³-hybridized carbons (Fsp3) is 0.533. The zero-order valence-electron chi connectivity index (χ0n) is 11.7. The van der Waals surface area contributed by atoms with Gasteiger partial charge in [-0.05, 0) is 45.9 Å². The Kier molecular flexibility index (Phi) is 3.63. The largest absolute Gasteiger partial charge is 0.486 e. The van der Waals surface area contributed by atoms with Gasteiger partial charge in [-0.15, -0.1) is 0 Å². The Labute approximate surface area is 118 Å². The van der Waals surface area contributed by atoms with E-state index in [9.17, 15) is 4.79 Å². The second-order valence-corrected chi connectivity index (χ2v) is 6.49. The molecule has 2 rings (SSSR count). The lowest BCUT2D eigenvalue weighted by Crippen LogP contribution is -2.36. The van der Waals surface area contributed by atoms with Crippen LogP contribution in [0.2, 0.25) is 5.02 Å². The average molecular weight is 283 g/mol. The Hall–Kier alpha value is -1.06. The first-order valence-corrected chi connectivity index (χ1v) is 6.73. The minimum absolute atomic E-state index is 0.0675. The number of hydrogen-bond donors (Lipinski definition) is 0. The van der Waals surface area contributed by atoms with Crippen LogP contribution in [0.1, 0.15) is 44.5 Å². The van der Waals surface area contributed by atoms with Gasteiger partial charge in [0.25, 0.3) is 0 Å². The molecule has 1 unspecified atom stereocenters. The van der Waals surface area contributed by atoms with Crippen LogP contribution in [0.25, 0.3) is 0 Å². The summed E-state index contributed by atoms with van der Waals surface area (Å²) in [5.74, 6) is 0.589. The molecule has 1 fully saturated rings. The van der Waals surface area contributed by atoms with Crippen LogP contribution < -0.4 is 4.74 Å². The van der Waals surface area contributed by atoms with Crippen molar-refractivity contribution in [2.45, 2.75) is 51.4 Å². The van der Waals surface area contributed by atoms with Crippen LogP contribution in [-0.4, -0.2) is 23.6 Å². The molecular formula is C15H19ClO3. The molecule has 19 heavy (non-hydrogen) atoms. The highest BCUT2D eigenvalue weighted by atomic mass is 35.5. The molecule has 0 aliphatic carbocycles. The summed E-state index contributed by atoms with van der Waals surface area (Å²) in [5, 5.41) is 0.449. The van der Waals surface area contributed by atoms with Crippen molar-refractivity contribution in [3.63, 3.8) is 0 Å². The van der Waals surface area contributed by atoms with Gasteiger partial charge in [0.15, 0.2) is 0 Å². The molecule has 1 atom stereocenters. The molecule has 1 aliphatic rings. The summed E-state index contributed by atoms with van der Waals surface area (Å²) in [6.07, 6.45) is 1.50. The lowest BCUT2D eigenvalue weighted by molar-refractivity contribution is -0.0845. The Balaban J connectivity index is 2.20. The number of carbonyl (C=O) groups is 1. The summed E-state index contributed by atoms with van der Waals surface area (Å²) in [5.41, 5.74) is -0.0286. The van der Waals surface area contributed by atoms with Crippen molar-refractivity contribution in [1.29, 1.82) is 0 Å². The van der Waals surface area contributed by atoms with Crippen molar-refractivity contribution in [3.05, 3.63) is 28.8 Å². The maximum Gasteiger partial charge on any atom is 0.150 e. The Morgan fingerprint density at radius 3 is 2.53 bits per heavy atom. The van der Waals surface area contributed by atoms with Gasteiger partial charge in [0.2, 0.25) is 0 Å². The first kappa shape index (κ1) is 14.4. The molecule has 1 heterocycles.